The Morgan fingerprint density at radius 2 is 1.00 bits per heavy atom. The van der Waals surface area contributed by atoms with Crippen LogP contribution in [0.3, 0.4) is 0 Å². The lowest BCUT2D eigenvalue weighted by atomic mass is 10.0. The maximum absolute atomic E-state index is 5.60. The van der Waals surface area contributed by atoms with Gasteiger partial charge < -0.3 is 18.9 Å². The Morgan fingerprint density at radius 3 is 1.38 bits per heavy atom. The first kappa shape index (κ1) is 20.5. The summed E-state index contributed by atoms with van der Waals surface area (Å²) in [5.41, 5.74) is 5.48. The number of rotatable bonds is 14. The van der Waals surface area contributed by atoms with Crippen molar-refractivity contribution >= 4 is 0 Å². The van der Waals surface area contributed by atoms with Crippen LogP contribution in [0, 0.1) is 0 Å². The van der Waals surface area contributed by atoms with Gasteiger partial charge in [-0.25, -0.2) is 0 Å². The molecule has 2 saturated heterocycles. The molecule has 2 aliphatic heterocycles. The smallest absolute Gasteiger partial charge is 0.104 e. The molecular weight excluding hydrogens is 364 g/mol. The van der Waals surface area contributed by atoms with Crippen molar-refractivity contribution in [1.29, 1.82) is 0 Å². The van der Waals surface area contributed by atoms with Crippen LogP contribution in [0.25, 0.3) is 0 Å². The van der Waals surface area contributed by atoms with Crippen LogP contribution in [0.4, 0.5) is 0 Å². The highest BCUT2D eigenvalue weighted by atomic mass is 16.6. The molecule has 0 saturated carbocycles. The van der Waals surface area contributed by atoms with Crippen molar-refractivity contribution in [1.82, 2.24) is 0 Å². The van der Waals surface area contributed by atoms with E-state index in [1.54, 1.807) is 0 Å². The number of hydrogen-bond donors (Lipinski definition) is 0. The SMILES string of the molecule is c1cc(Cc2ccc(CCCOCC3CO3)cc2)ccc1CCCOCC1CO1. The Balaban J connectivity index is 1.12. The first-order chi connectivity index (χ1) is 14.3. The van der Waals surface area contributed by atoms with Crippen LogP contribution in [-0.2, 0) is 38.2 Å². The standard InChI is InChI=1S/C25H32O4/c1(13-26-16-24-18-28-24)3-20-5-9-22(10-6-20)15-23-11-7-21(8-12-23)4-2-14-27-17-25-19-29-25/h5-12,24-25H,1-4,13-19H2. The van der Waals surface area contributed by atoms with E-state index >= 15 is 0 Å². The quantitative estimate of drug-likeness (QED) is 0.358. The van der Waals surface area contributed by atoms with E-state index in [0.717, 1.165) is 71.7 Å². The molecule has 2 unspecified atom stereocenters. The third kappa shape index (κ3) is 7.90. The molecule has 29 heavy (non-hydrogen) atoms. The summed E-state index contributed by atoms with van der Waals surface area (Å²) >= 11 is 0. The van der Waals surface area contributed by atoms with Crippen LogP contribution in [0.5, 0.6) is 0 Å². The van der Waals surface area contributed by atoms with Gasteiger partial charge in [-0.3, -0.25) is 0 Å². The summed E-state index contributed by atoms with van der Waals surface area (Å²) in [6, 6.07) is 18.0. The van der Waals surface area contributed by atoms with Crippen molar-refractivity contribution < 1.29 is 18.9 Å². The van der Waals surface area contributed by atoms with Gasteiger partial charge >= 0.3 is 0 Å². The summed E-state index contributed by atoms with van der Waals surface area (Å²) in [7, 11) is 0. The Morgan fingerprint density at radius 1 is 0.621 bits per heavy atom. The minimum Gasteiger partial charge on any atom is -0.379 e. The molecule has 0 amide bonds. The van der Waals surface area contributed by atoms with E-state index in [4.69, 9.17) is 18.9 Å². The van der Waals surface area contributed by atoms with Gasteiger partial charge in [-0.2, -0.15) is 0 Å². The lowest BCUT2D eigenvalue weighted by molar-refractivity contribution is 0.114. The van der Waals surface area contributed by atoms with Gasteiger partial charge in [0.1, 0.15) is 12.2 Å². The first-order valence-electron chi connectivity index (χ1n) is 10.9. The largest absolute Gasteiger partial charge is 0.379 e. The predicted molar refractivity (Wildman–Crippen MR) is 113 cm³/mol. The van der Waals surface area contributed by atoms with Gasteiger partial charge in [0.2, 0.25) is 0 Å². The van der Waals surface area contributed by atoms with Gasteiger partial charge in [0, 0.05) is 13.2 Å². The monoisotopic (exact) mass is 396 g/mol. The molecular formula is C25H32O4. The zero-order valence-corrected chi connectivity index (χ0v) is 17.2. The lowest BCUT2D eigenvalue weighted by Crippen LogP contribution is -2.03. The molecule has 4 heteroatoms. The van der Waals surface area contributed by atoms with Crippen LogP contribution in [0.15, 0.2) is 48.5 Å². The van der Waals surface area contributed by atoms with Crippen molar-refractivity contribution in [2.75, 3.05) is 39.6 Å². The average Bonchev–Trinajstić information content (AvgIpc) is 3.66. The Hall–Kier alpha value is -1.72. The molecule has 2 heterocycles. The Labute approximate surface area is 174 Å². The van der Waals surface area contributed by atoms with E-state index < -0.39 is 0 Å². The maximum atomic E-state index is 5.60. The summed E-state index contributed by atoms with van der Waals surface area (Å²) in [5.74, 6) is 0. The first-order valence-corrected chi connectivity index (χ1v) is 10.9. The summed E-state index contributed by atoms with van der Waals surface area (Å²) < 4.78 is 21.5. The second-order valence-electron chi connectivity index (χ2n) is 8.08. The Kier molecular flexibility index (Phi) is 7.71. The molecule has 2 fully saturated rings. The van der Waals surface area contributed by atoms with E-state index in [-0.39, 0.29) is 0 Å². The fraction of sp³-hybridized carbons (Fsp3) is 0.520. The van der Waals surface area contributed by atoms with E-state index in [0.29, 0.717) is 12.2 Å². The molecule has 0 aromatic heterocycles. The summed E-state index contributed by atoms with van der Waals surface area (Å²) in [6.45, 7) is 4.87. The van der Waals surface area contributed by atoms with Gasteiger partial charge in [-0.15, -0.1) is 0 Å². The molecule has 0 aliphatic carbocycles. The van der Waals surface area contributed by atoms with Crippen molar-refractivity contribution in [2.45, 2.75) is 44.3 Å². The van der Waals surface area contributed by atoms with Crippen LogP contribution in [0.2, 0.25) is 0 Å². The molecule has 0 spiro atoms. The topological polar surface area (TPSA) is 43.5 Å². The Bertz CT molecular complexity index is 654. The second-order valence-corrected chi connectivity index (χ2v) is 8.08. The second kappa shape index (κ2) is 10.9. The molecule has 2 aliphatic rings. The fourth-order valence-electron chi connectivity index (χ4n) is 3.40. The third-order valence-corrected chi connectivity index (χ3v) is 5.37. The molecule has 4 rings (SSSR count). The number of epoxide rings is 2. The van der Waals surface area contributed by atoms with Crippen LogP contribution in [0.1, 0.15) is 35.1 Å². The summed E-state index contributed by atoms with van der Waals surface area (Å²) in [5, 5.41) is 0. The van der Waals surface area contributed by atoms with Gasteiger partial charge in [-0.1, -0.05) is 48.5 Å². The van der Waals surface area contributed by atoms with E-state index in [9.17, 15) is 0 Å². The molecule has 2 aromatic rings. The molecule has 156 valence electrons. The highest BCUT2D eigenvalue weighted by Crippen LogP contribution is 2.15. The summed E-state index contributed by atoms with van der Waals surface area (Å²) in [6.07, 6.45) is 5.97. The highest BCUT2D eigenvalue weighted by Gasteiger charge is 2.22. The van der Waals surface area contributed by atoms with Gasteiger partial charge in [-0.05, 0) is 54.4 Å². The highest BCUT2D eigenvalue weighted by molar-refractivity contribution is 5.30. The van der Waals surface area contributed by atoms with Gasteiger partial charge in [0.25, 0.3) is 0 Å². The lowest BCUT2D eigenvalue weighted by Gasteiger charge is -2.07. The maximum Gasteiger partial charge on any atom is 0.104 e. The van der Waals surface area contributed by atoms with Crippen LogP contribution >= 0.6 is 0 Å². The fourth-order valence-corrected chi connectivity index (χ4v) is 3.40. The van der Waals surface area contributed by atoms with E-state index in [1.165, 1.54) is 22.3 Å². The van der Waals surface area contributed by atoms with Gasteiger partial charge in [0.15, 0.2) is 0 Å². The minimum atomic E-state index is 0.366. The molecule has 0 N–H and O–H groups in total. The predicted octanol–water partition coefficient (Wildman–Crippen LogP) is 3.97. The van der Waals surface area contributed by atoms with E-state index in [2.05, 4.69) is 48.5 Å². The van der Waals surface area contributed by atoms with Crippen molar-refractivity contribution in [3.05, 3.63) is 70.8 Å². The zero-order chi connectivity index (χ0) is 19.7. The van der Waals surface area contributed by atoms with Crippen molar-refractivity contribution in [3.8, 4) is 0 Å². The molecule has 4 nitrogen and oxygen atoms in total. The van der Waals surface area contributed by atoms with Gasteiger partial charge in [0.05, 0.1) is 26.4 Å². The average molecular weight is 397 g/mol. The molecule has 2 atom stereocenters. The van der Waals surface area contributed by atoms with Crippen LogP contribution < -0.4 is 0 Å². The van der Waals surface area contributed by atoms with Crippen molar-refractivity contribution in [3.63, 3.8) is 0 Å². The van der Waals surface area contributed by atoms with Crippen molar-refractivity contribution in [2.24, 2.45) is 0 Å². The molecule has 2 aromatic carbocycles. The third-order valence-electron chi connectivity index (χ3n) is 5.37. The normalized spacial score (nSPS) is 20.0. The molecule has 0 bridgehead atoms. The number of aryl methyl sites for hydroxylation is 2. The molecule has 0 radical (unpaired) electrons. The number of ether oxygens (including phenoxy) is 4. The zero-order valence-electron chi connectivity index (χ0n) is 17.2. The minimum absolute atomic E-state index is 0.366. The number of benzene rings is 2. The summed E-state index contributed by atoms with van der Waals surface area (Å²) in [4.78, 5) is 0. The number of hydrogen-bond acceptors (Lipinski definition) is 4. The van der Waals surface area contributed by atoms with E-state index in [1.807, 2.05) is 0 Å². The van der Waals surface area contributed by atoms with Crippen LogP contribution in [-0.4, -0.2) is 51.8 Å².